The zero-order chi connectivity index (χ0) is 13.7. The molecular formula is C15H22N2O2. The maximum atomic E-state index is 12.0. The van der Waals surface area contributed by atoms with Gasteiger partial charge in [-0.15, -0.1) is 0 Å². The number of carbonyl (C=O) groups excluding carboxylic acids is 1. The molecule has 0 bridgehead atoms. The molecule has 2 N–H and O–H groups in total. The van der Waals surface area contributed by atoms with Gasteiger partial charge in [0.1, 0.15) is 0 Å². The molecule has 1 aromatic rings. The molecule has 19 heavy (non-hydrogen) atoms. The minimum absolute atomic E-state index is 0.00143. The Hall–Kier alpha value is -1.39. The van der Waals surface area contributed by atoms with E-state index in [0.29, 0.717) is 13.0 Å². The Morgan fingerprint density at radius 2 is 2.42 bits per heavy atom. The van der Waals surface area contributed by atoms with Crippen molar-refractivity contribution in [1.29, 1.82) is 0 Å². The van der Waals surface area contributed by atoms with Gasteiger partial charge in [0.15, 0.2) is 0 Å². The number of hydrogen-bond donors (Lipinski definition) is 2. The van der Waals surface area contributed by atoms with Crippen LogP contribution in [0.2, 0.25) is 0 Å². The number of carbonyl (C=O) groups is 1. The van der Waals surface area contributed by atoms with Crippen molar-refractivity contribution in [2.75, 3.05) is 19.7 Å². The Labute approximate surface area is 114 Å². The van der Waals surface area contributed by atoms with E-state index < -0.39 is 0 Å². The highest BCUT2D eigenvalue weighted by Gasteiger charge is 2.18. The van der Waals surface area contributed by atoms with E-state index in [1.165, 1.54) is 5.56 Å². The lowest BCUT2D eigenvalue weighted by Gasteiger charge is -2.24. The Morgan fingerprint density at radius 1 is 1.58 bits per heavy atom. The first-order valence-electron chi connectivity index (χ1n) is 6.83. The van der Waals surface area contributed by atoms with Gasteiger partial charge in [0, 0.05) is 13.1 Å². The molecule has 4 heteroatoms. The molecule has 0 spiro atoms. The van der Waals surface area contributed by atoms with Crippen molar-refractivity contribution in [3.8, 4) is 0 Å². The van der Waals surface area contributed by atoms with Crippen molar-refractivity contribution < 1.29 is 9.53 Å². The van der Waals surface area contributed by atoms with Crippen molar-refractivity contribution in [2.45, 2.75) is 32.4 Å². The van der Waals surface area contributed by atoms with Crippen molar-refractivity contribution in [1.82, 2.24) is 10.6 Å². The van der Waals surface area contributed by atoms with Crippen LogP contribution in [-0.2, 0) is 9.53 Å². The zero-order valence-corrected chi connectivity index (χ0v) is 11.6. The monoisotopic (exact) mass is 262 g/mol. The number of hydrogen-bond acceptors (Lipinski definition) is 3. The van der Waals surface area contributed by atoms with Gasteiger partial charge in [-0.1, -0.05) is 29.8 Å². The Kier molecular flexibility index (Phi) is 4.93. The Balaban J connectivity index is 1.84. The summed E-state index contributed by atoms with van der Waals surface area (Å²) >= 11 is 0. The Morgan fingerprint density at radius 3 is 3.11 bits per heavy atom. The molecule has 2 atom stereocenters. The second-order valence-corrected chi connectivity index (χ2v) is 5.10. The lowest BCUT2D eigenvalue weighted by Crippen LogP contribution is -2.41. The number of morpholine rings is 1. The van der Waals surface area contributed by atoms with E-state index in [4.69, 9.17) is 4.74 Å². The fraction of sp³-hybridized carbons (Fsp3) is 0.533. The van der Waals surface area contributed by atoms with Crippen molar-refractivity contribution in [3.05, 3.63) is 35.4 Å². The zero-order valence-electron chi connectivity index (χ0n) is 11.6. The molecule has 1 saturated heterocycles. The number of benzene rings is 1. The van der Waals surface area contributed by atoms with E-state index in [1.807, 2.05) is 19.1 Å². The molecule has 0 radical (unpaired) electrons. The van der Waals surface area contributed by atoms with Gasteiger partial charge < -0.3 is 15.4 Å². The Bertz CT molecular complexity index is 428. The smallest absolute Gasteiger partial charge is 0.223 e. The van der Waals surface area contributed by atoms with Gasteiger partial charge in [0.05, 0.1) is 25.2 Å². The lowest BCUT2D eigenvalue weighted by atomic mass is 10.1. The topological polar surface area (TPSA) is 50.4 Å². The quantitative estimate of drug-likeness (QED) is 0.865. The van der Waals surface area contributed by atoms with E-state index in [9.17, 15) is 4.79 Å². The molecule has 2 rings (SSSR count). The maximum Gasteiger partial charge on any atom is 0.223 e. The first-order valence-corrected chi connectivity index (χ1v) is 6.83. The van der Waals surface area contributed by atoms with Crippen molar-refractivity contribution in [3.63, 3.8) is 0 Å². The maximum absolute atomic E-state index is 12.0. The van der Waals surface area contributed by atoms with E-state index in [-0.39, 0.29) is 18.1 Å². The van der Waals surface area contributed by atoms with Crippen LogP contribution in [0, 0.1) is 6.92 Å². The normalized spacial score (nSPS) is 20.8. The fourth-order valence-electron chi connectivity index (χ4n) is 2.28. The van der Waals surface area contributed by atoms with Crippen LogP contribution in [0.25, 0.3) is 0 Å². The number of nitrogens with one attached hydrogen (secondary N) is 2. The summed E-state index contributed by atoms with van der Waals surface area (Å²) in [4.78, 5) is 12.0. The summed E-state index contributed by atoms with van der Waals surface area (Å²) in [5, 5.41) is 6.25. The average molecular weight is 262 g/mol. The molecule has 0 aliphatic carbocycles. The minimum atomic E-state index is -0.00143. The summed E-state index contributed by atoms with van der Waals surface area (Å²) < 4.78 is 5.53. The molecule has 1 amide bonds. The molecule has 104 valence electrons. The molecule has 1 heterocycles. The highest BCUT2D eigenvalue weighted by molar-refractivity contribution is 5.77. The summed E-state index contributed by atoms with van der Waals surface area (Å²) in [6.45, 7) is 6.38. The summed E-state index contributed by atoms with van der Waals surface area (Å²) in [5.41, 5.74) is 2.34. The van der Waals surface area contributed by atoms with Crippen LogP contribution < -0.4 is 10.6 Å². The predicted molar refractivity (Wildman–Crippen MR) is 75.0 cm³/mol. The van der Waals surface area contributed by atoms with Gasteiger partial charge >= 0.3 is 0 Å². The second-order valence-electron chi connectivity index (χ2n) is 5.10. The number of rotatable bonds is 4. The molecule has 1 aliphatic heterocycles. The highest BCUT2D eigenvalue weighted by Crippen LogP contribution is 2.14. The van der Waals surface area contributed by atoms with Crippen LogP contribution in [0.4, 0.5) is 0 Å². The van der Waals surface area contributed by atoms with Crippen LogP contribution >= 0.6 is 0 Å². The third-order valence-corrected chi connectivity index (χ3v) is 3.34. The number of ether oxygens (including phenoxy) is 1. The van der Waals surface area contributed by atoms with Gasteiger partial charge in [0.25, 0.3) is 0 Å². The summed E-state index contributed by atoms with van der Waals surface area (Å²) in [6.07, 6.45) is 0.418. The SMILES string of the molecule is Cc1cccc([C@@H](C)NC(=O)CC2CNCCO2)c1. The van der Waals surface area contributed by atoms with Gasteiger partial charge in [0.2, 0.25) is 5.91 Å². The van der Waals surface area contributed by atoms with Crippen LogP contribution in [0.15, 0.2) is 24.3 Å². The van der Waals surface area contributed by atoms with Gasteiger partial charge in [-0.05, 0) is 19.4 Å². The summed E-state index contributed by atoms with van der Waals surface area (Å²) in [7, 11) is 0. The molecule has 4 nitrogen and oxygen atoms in total. The van der Waals surface area contributed by atoms with Gasteiger partial charge in [-0.3, -0.25) is 4.79 Å². The van der Waals surface area contributed by atoms with Gasteiger partial charge in [-0.2, -0.15) is 0 Å². The van der Waals surface area contributed by atoms with E-state index in [0.717, 1.165) is 18.7 Å². The van der Waals surface area contributed by atoms with E-state index in [1.54, 1.807) is 0 Å². The third kappa shape index (κ3) is 4.33. The summed E-state index contributed by atoms with van der Waals surface area (Å²) in [5.74, 6) is 0.0442. The third-order valence-electron chi connectivity index (χ3n) is 3.34. The molecule has 0 saturated carbocycles. The highest BCUT2D eigenvalue weighted by atomic mass is 16.5. The van der Waals surface area contributed by atoms with Crippen LogP contribution in [-0.4, -0.2) is 31.7 Å². The van der Waals surface area contributed by atoms with Crippen LogP contribution in [0.1, 0.15) is 30.5 Å². The standard InChI is InChI=1S/C15H22N2O2/c1-11-4-3-5-13(8-11)12(2)17-15(18)9-14-10-16-6-7-19-14/h3-5,8,12,14,16H,6-7,9-10H2,1-2H3,(H,17,18)/t12-,14?/m1/s1. The number of amides is 1. The molecule has 1 fully saturated rings. The van der Waals surface area contributed by atoms with Gasteiger partial charge in [-0.25, -0.2) is 0 Å². The lowest BCUT2D eigenvalue weighted by molar-refractivity contribution is -0.125. The molecule has 1 aliphatic rings. The van der Waals surface area contributed by atoms with E-state index in [2.05, 4.69) is 29.7 Å². The second kappa shape index (κ2) is 6.68. The molecule has 1 aromatic carbocycles. The molecule has 0 aromatic heterocycles. The largest absolute Gasteiger partial charge is 0.375 e. The minimum Gasteiger partial charge on any atom is -0.375 e. The first kappa shape index (κ1) is 14.0. The number of aryl methyl sites for hydroxylation is 1. The average Bonchev–Trinajstić information content (AvgIpc) is 2.39. The predicted octanol–water partition coefficient (Wildman–Crippen LogP) is 1.55. The van der Waals surface area contributed by atoms with Crippen molar-refractivity contribution >= 4 is 5.91 Å². The van der Waals surface area contributed by atoms with E-state index >= 15 is 0 Å². The first-order chi connectivity index (χ1) is 9.15. The van der Waals surface area contributed by atoms with Crippen molar-refractivity contribution in [2.24, 2.45) is 0 Å². The molecular weight excluding hydrogens is 240 g/mol. The summed E-state index contributed by atoms with van der Waals surface area (Å²) in [6, 6.07) is 8.24. The molecule has 1 unspecified atom stereocenters. The van der Waals surface area contributed by atoms with Crippen LogP contribution in [0.3, 0.4) is 0 Å². The van der Waals surface area contributed by atoms with Crippen LogP contribution in [0.5, 0.6) is 0 Å². The fourth-order valence-corrected chi connectivity index (χ4v) is 2.28.